The van der Waals surface area contributed by atoms with Crippen molar-refractivity contribution >= 4 is 17.9 Å². The van der Waals surface area contributed by atoms with Crippen LogP contribution in [0.25, 0.3) is 0 Å². The first-order valence-electron chi connectivity index (χ1n) is 30.4. The Balaban J connectivity index is 4.40. The van der Waals surface area contributed by atoms with Gasteiger partial charge in [-0.15, -0.1) is 0 Å². The molecule has 6 heteroatoms. The molecule has 0 saturated carbocycles. The molecule has 0 aromatic carbocycles. The largest absolute Gasteiger partial charge is 0.462 e. The van der Waals surface area contributed by atoms with Gasteiger partial charge >= 0.3 is 17.9 Å². The van der Waals surface area contributed by atoms with Crippen LogP contribution in [0.5, 0.6) is 0 Å². The van der Waals surface area contributed by atoms with Gasteiger partial charge in [-0.2, -0.15) is 0 Å². The molecule has 0 aliphatic heterocycles. The second-order valence-corrected chi connectivity index (χ2v) is 20.2. The molecular weight excluding hydrogens is 877 g/mol. The van der Waals surface area contributed by atoms with Gasteiger partial charge in [0.15, 0.2) is 6.10 Å². The van der Waals surface area contributed by atoms with Crippen LogP contribution in [-0.2, 0) is 28.6 Å². The van der Waals surface area contributed by atoms with Crippen LogP contribution in [0.4, 0.5) is 0 Å². The quantitative estimate of drug-likeness (QED) is 0.0261. The predicted molar refractivity (Wildman–Crippen MR) is 307 cm³/mol. The summed E-state index contributed by atoms with van der Waals surface area (Å²) in [4.78, 5) is 38.2. The normalized spacial score (nSPS) is 12.5. The Hall–Kier alpha value is -3.15. The van der Waals surface area contributed by atoms with Crippen molar-refractivity contribution in [2.75, 3.05) is 13.2 Å². The first-order chi connectivity index (χ1) is 35.0. The first-order valence-corrected chi connectivity index (χ1v) is 30.4. The summed E-state index contributed by atoms with van der Waals surface area (Å²) in [6.45, 7) is 6.57. The molecule has 0 saturated heterocycles. The monoisotopic (exact) mass is 991 g/mol. The van der Waals surface area contributed by atoms with Gasteiger partial charge in [-0.1, -0.05) is 241 Å². The maximum atomic E-state index is 12.9. The van der Waals surface area contributed by atoms with Crippen LogP contribution in [0.1, 0.15) is 303 Å². The summed E-state index contributed by atoms with van der Waals surface area (Å²) in [5.74, 6) is -0.928. The molecule has 0 unspecified atom stereocenters. The number of hydrogen-bond donors (Lipinski definition) is 0. The van der Waals surface area contributed by atoms with Gasteiger partial charge in [0.2, 0.25) is 0 Å². The van der Waals surface area contributed by atoms with E-state index in [1.54, 1.807) is 0 Å². The number of hydrogen-bond acceptors (Lipinski definition) is 6. The van der Waals surface area contributed by atoms with Crippen LogP contribution >= 0.6 is 0 Å². The van der Waals surface area contributed by atoms with Crippen molar-refractivity contribution in [2.45, 2.75) is 309 Å². The molecule has 0 bridgehead atoms. The average Bonchev–Trinajstić information content (AvgIpc) is 3.37. The van der Waals surface area contributed by atoms with Crippen molar-refractivity contribution in [3.8, 4) is 0 Å². The molecule has 0 fully saturated rings. The molecule has 0 rings (SSSR count). The molecule has 0 aromatic heterocycles. The second-order valence-electron chi connectivity index (χ2n) is 20.2. The molecular formula is C65H114O6. The van der Waals surface area contributed by atoms with Gasteiger partial charge in [0.05, 0.1) is 0 Å². The molecule has 6 nitrogen and oxygen atoms in total. The number of carbonyl (C=O) groups excluding carboxylic acids is 3. The lowest BCUT2D eigenvalue weighted by atomic mass is 10.0. The van der Waals surface area contributed by atoms with Gasteiger partial charge in [-0.25, -0.2) is 0 Å². The topological polar surface area (TPSA) is 78.9 Å². The number of allylic oxidation sites excluding steroid dienone is 12. The Bertz CT molecular complexity index is 1320. The van der Waals surface area contributed by atoms with Gasteiger partial charge in [0, 0.05) is 19.3 Å². The molecule has 71 heavy (non-hydrogen) atoms. The fourth-order valence-electron chi connectivity index (χ4n) is 8.53. The van der Waals surface area contributed by atoms with Gasteiger partial charge in [-0.3, -0.25) is 14.4 Å². The second kappa shape index (κ2) is 59.4. The van der Waals surface area contributed by atoms with E-state index in [-0.39, 0.29) is 31.1 Å². The summed E-state index contributed by atoms with van der Waals surface area (Å²) in [7, 11) is 0. The van der Waals surface area contributed by atoms with Crippen molar-refractivity contribution in [1.29, 1.82) is 0 Å². The van der Waals surface area contributed by atoms with Crippen LogP contribution in [0.2, 0.25) is 0 Å². The Morgan fingerprint density at radius 2 is 0.507 bits per heavy atom. The SMILES string of the molecule is CCCCC/C=C\C/C=C\C/C=C\CCCCC(=O)OC[C@H](COC(=O)CCCCCCCCCCCCC/C=C\CCCCCCCC)OC(=O)CCCCCCCCC/C=C\C/C=C\CCCCC. The molecule has 0 spiro atoms. The molecule has 0 aromatic rings. The zero-order chi connectivity index (χ0) is 51.4. The molecule has 0 amide bonds. The van der Waals surface area contributed by atoms with Crippen LogP contribution < -0.4 is 0 Å². The molecule has 0 aliphatic carbocycles. The molecule has 0 heterocycles. The highest BCUT2D eigenvalue weighted by Gasteiger charge is 2.19. The highest BCUT2D eigenvalue weighted by atomic mass is 16.6. The minimum atomic E-state index is -0.796. The molecule has 1 atom stereocenters. The Labute approximate surface area is 440 Å². The Morgan fingerprint density at radius 3 is 0.859 bits per heavy atom. The van der Waals surface area contributed by atoms with Gasteiger partial charge < -0.3 is 14.2 Å². The zero-order valence-corrected chi connectivity index (χ0v) is 47.0. The lowest BCUT2D eigenvalue weighted by molar-refractivity contribution is -0.167. The minimum absolute atomic E-state index is 0.0900. The number of ether oxygens (including phenoxy) is 3. The number of unbranched alkanes of at least 4 members (excludes halogenated alkanes) is 32. The smallest absolute Gasteiger partial charge is 0.306 e. The van der Waals surface area contributed by atoms with E-state index >= 15 is 0 Å². The summed E-state index contributed by atoms with van der Waals surface area (Å²) < 4.78 is 16.9. The maximum absolute atomic E-state index is 12.9. The third-order valence-corrected chi connectivity index (χ3v) is 13.2. The maximum Gasteiger partial charge on any atom is 0.306 e. The van der Waals surface area contributed by atoms with E-state index in [1.807, 2.05) is 0 Å². The van der Waals surface area contributed by atoms with E-state index in [1.165, 1.54) is 180 Å². The average molecular weight is 992 g/mol. The summed E-state index contributed by atoms with van der Waals surface area (Å²) in [6, 6.07) is 0. The summed E-state index contributed by atoms with van der Waals surface area (Å²) >= 11 is 0. The summed E-state index contributed by atoms with van der Waals surface area (Å²) in [5, 5.41) is 0. The third-order valence-electron chi connectivity index (χ3n) is 13.2. The predicted octanol–water partition coefficient (Wildman–Crippen LogP) is 20.5. The number of esters is 3. The van der Waals surface area contributed by atoms with Crippen molar-refractivity contribution in [3.05, 3.63) is 72.9 Å². The molecule has 0 aliphatic rings. The molecule has 0 radical (unpaired) electrons. The van der Waals surface area contributed by atoms with E-state index in [2.05, 4.69) is 93.7 Å². The van der Waals surface area contributed by atoms with Crippen molar-refractivity contribution in [1.82, 2.24) is 0 Å². The van der Waals surface area contributed by atoms with E-state index in [9.17, 15) is 14.4 Å². The molecule has 0 N–H and O–H groups in total. The number of rotatable bonds is 55. The summed E-state index contributed by atoms with van der Waals surface area (Å²) in [6.07, 6.45) is 76.1. The lowest BCUT2D eigenvalue weighted by Crippen LogP contribution is -2.30. The van der Waals surface area contributed by atoms with E-state index in [0.717, 1.165) is 83.5 Å². The zero-order valence-electron chi connectivity index (χ0n) is 47.0. The van der Waals surface area contributed by atoms with Crippen molar-refractivity contribution < 1.29 is 28.6 Å². The third kappa shape index (κ3) is 57.6. The Kier molecular flexibility index (Phi) is 56.8. The standard InChI is InChI=1S/C65H114O6/c1-4-7-10-13-16-19-22-25-28-30-31-32-33-35-37-40-43-46-49-52-55-58-64(67)70-61-62(60-69-63(66)57-54-51-48-45-42-39-36-27-24-21-18-15-12-9-6-3)71-65(68)59-56-53-50-47-44-41-38-34-29-26-23-20-17-14-11-8-5-2/h17-18,20-21,25-29,36,42,45,62H,4-16,19,22-24,30-35,37-41,43-44,46-61H2,1-3H3/b20-17-,21-18-,28-25-,29-26-,36-27-,45-42-/t62-/m1/s1. The lowest BCUT2D eigenvalue weighted by Gasteiger charge is -2.18. The molecule has 410 valence electrons. The highest BCUT2D eigenvalue weighted by Crippen LogP contribution is 2.16. The van der Waals surface area contributed by atoms with Gasteiger partial charge in [0.25, 0.3) is 0 Å². The van der Waals surface area contributed by atoms with Crippen LogP contribution in [-0.4, -0.2) is 37.2 Å². The van der Waals surface area contributed by atoms with Gasteiger partial charge in [-0.05, 0) is 116 Å². The van der Waals surface area contributed by atoms with Crippen LogP contribution in [0, 0.1) is 0 Å². The number of carbonyl (C=O) groups is 3. The fraction of sp³-hybridized carbons (Fsp3) is 0.769. The fourth-order valence-corrected chi connectivity index (χ4v) is 8.53. The van der Waals surface area contributed by atoms with E-state index < -0.39 is 6.10 Å². The van der Waals surface area contributed by atoms with Crippen LogP contribution in [0.3, 0.4) is 0 Å². The van der Waals surface area contributed by atoms with Crippen molar-refractivity contribution in [2.24, 2.45) is 0 Å². The van der Waals surface area contributed by atoms with Gasteiger partial charge in [0.1, 0.15) is 13.2 Å². The highest BCUT2D eigenvalue weighted by molar-refractivity contribution is 5.71. The first kappa shape index (κ1) is 67.8. The summed E-state index contributed by atoms with van der Waals surface area (Å²) in [5.41, 5.74) is 0. The Morgan fingerprint density at radius 1 is 0.282 bits per heavy atom. The van der Waals surface area contributed by atoms with E-state index in [4.69, 9.17) is 14.2 Å². The van der Waals surface area contributed by atoms with E-state index in [0.29, 0.717) is 19.3 Å². The minimum Gasteiger partial charge on any atom is -0.462 e. The van der Waals surface area contributed by atoms with Crippen molar-refractivity contribution in [3.63, 3.8) is 0 Å². The van der Waals surface area contributed by atoms with Crippen LogP contribution in [0.15, 0.2) is 72.9 Å².